The van der Waals surface area contributed by atoms with E-state index in [4.69, 9.17) is 0 Å². The molecule has 1 aliphatic rings. The average molecular weight is 154 g/mol. The third kappa shape index (κ3) is 1.52. The standard InChI is InChI=1S/C9H14O2/c1-3-4-7-6(2)8(10)5-9(7)11/h3,8-11H,1,4-5H2,2H3. The molecule has 0 amide bonds. The van der Waals surface area contributed by atoms with Gasteiger partial charge in [0.25, 0.3) is 0 Å². The minimum atomic E-state index is -0.456. The number of hydrogen-bond donors (Lipinski definition) is 2. The van der Waals surface area contributed by atoms with Crippen LogP contribution in [0.1, 0.15) is 19.8 Å². The molecule has 0 aromatic heterocycles. The van der Waals surface area contributed by atoms with Crippen LogP contribution in [0.5, 0.6) is 0 Å². The number of rotatable bonds is 2. The Hall–Kier alpha value is -0.600. The molecule has 1 aliphatic carbocycles. The minimum absolute atomic E-state index is 0.444. The lowest BCUT2D eigenvalue weighted by Gasteiger charge is -2.04. The van der Waals surface area contributed by atoms with Crippen molar-refractivity contribution in [2.24, 2.45) is 0 Å². The molecule has 0 radical (unpaired) electrons. The van der Waals surface area contributed by atoms with Crippen molar-refractivity contribution in [3.63, 3.8) is 0 Å². The van der Waals surface area contributed by atoms with E-state index in [0.29, 0.717) is 12.8 Å². The monoisotopic (exact) mass is 154 g/mol. The van der Waals surface area contributed by atoms with E-state index >= 15 is 0 Å². The van der Waals surface area contributed by atoms with E-state index < -0.39 is 12.2 Å². The lowest BCUT2D eigenvalue weighted by molar-refractivity contribution is 0.143. The first-order valence-electron chi connectivity index (χ1n) is 3.83. The van der Waals surface area contributed by atoms with Gasteiger partial charge in [-0.25, -0.2) is 0 Å². The lowest BCUT2D eigenvalue weighted by Crippen LogP contribution is -2.08. The maximum absolute atomic E-state index is 9.40. The molecule has 2 unspecified atom stereocenters. The fraction of sp³-hybridized carbons (Fsp3) is 0.556. The van der Waals surface area contributed by atoms with Crippen LogP contribution in [-0.2, 0) is 0 Å². The quantitative estimate of drug-likeness (QED) is 0.583. The molecular formula is C9H14O2. The van der Waals surface area contributed by atoms with E-state index in [2.05, 4.69) is 6.58 Å². The molecule has 0 fully saturated rings. The van der Waals surface area contributed by atoms with Crippen LogP contribution in [0.2, 0.25) is 0 Å². The Labute approximate surface area is 66.9 Å². The summed E-state index contributed by atoms with van der Waals surface area (Å²) in [5.74, 6) is 0. The van der Waals surface area contributed by atoms with Crippen LogP contribution in [0, 0.1) is 0 Å². The average Bonchev–Trinajstić information content (AvgIpc) is 2.17. The molecule has 0 saturated carbocycles. The van der Waals surface area contributed by atoms with Crippen LogP contribution in [0.25, 0.3) is 0 Å². The molecule has 2 atom stereocenters. The molecule has 0 heterocycles. The van der Waals surface area contributed by atoms with Gasteiger partial charge in [-0.05, 0) is 24.5 Å². The first-order chi connectivity index (χ1) is 5.16. The molecule has 0 aromatic rings. The van der Waals surface area contributed by atoms with Crippen molar-refractivity contribution >= 4 is 0 Å². The number of aliphatic hydroxyl groups is 2. The summed E-state index contributed by atoms with van der Waals surface area (Å²) in [6.45, 7) is 5.45. The lowest BCUT2D eigenvalue weighted by atomic mass is 10.1. The van der Waals surface area contributed by atoms with Crippen LogP contribution in [-0.4, -0.2) is 22.4 Å². The van der Waals surface area contributed by atoms with E-state index in [-0.39, 0.29) is 0 Å². The van der Waals surface area contributed by atoms with E-state index in [9.17, 15) is 10.2 Å². The van der Waals surface area contributed by atoms with Gasteiger partial charge in [-0.3, -0.25) is 0 Å². The maximum atomic E-state index is 9.40. The first kappa shape index (κ1) is 8.50. The molecule has 2 N–H and O–H groups in total. The summed E-state index contributed by atoms with van der Waals surface area (Å²) in [7, 11) is 0. The zero-order chi connectivity index (χ0) is 8.43. The highest BCUT2D eigenvalue weighted by Crippen LogP contribution is 2.28. The summed E-state index contributed by atoms with van der Waals surface area (Å²) in [4.78, 5) is 0. The summed E-state index contributed by atoms with van der Waals surface area (Å²) in [5, 5.41) is 18.7. The van der Waals surface area contributed by atoms with Gasteiger partial charge in [0.2, 0.25) is 0 Å². The highest BCUT2D eigenvalue weighted by molar-refractivity contribution is 5.28. The molecule has 2 heteroatoms. The highest BCUT2D eigenvalue weighted by atomic mass is 16.3. The largest absolute Gasteiger partial charge is 0.389 e. The van der Waals surface area contributed by atoms with Crippen molar-refractivity contribution in [2.75, 3.05) is 0 Å². The number of allylic oxidation sites excluding steroid dienone is 1. The van der Waals surface area contributed by atoms with Gasteiger partial charge in [0.1, 0.15) is 0 Å². The van der Waals surface area contributed by atoms with Gasteiger partial charge in [-0.1, -0.05) is 6.08 Å². The van der Waals surface area contributed by atoms with Gasteiger partial charge in [-0.2, -0.15) is 0 Å². The molecule has 0 saturated heterocycles. The van der Waals surface area contributed by atoms with Crippen molar-refractivity contribution in [3.05, 3.63) is 23.8 Å². The second kappa shape index (κ2) is 3.20. The molecule has 1 rings (SSSR count). The van der Waals surface area contributed by atoms with Crippen molar-refractivity contribution in [1.82, 2.24) is 0 Å². The van der Waals surface area contributed by atoms with Gasteiger partial charge < -0.3 is 10.2 Å². The van der Waals surface area contributed by atoms with Crippen molar-refractivity contribution in [3.8, 4) is 0 Å². The molecular weight excluding hydrogens is 140 g/mol. The second-order valence-electron chi connectivity index (χ2n) is 2.97. The Balaban J connectivity index is 2.78. The van der Waals surface area contributed by atoms with Gasteiger partial charge in [0, 0.05) is 6.42 Å². The molecule has 0 spiro atoms. The number of hydrogen-bond acceptors (Lipinski definition) is 2. The minimum Gasteiger partial charge on any atom is -0.389 e. The Morgan fingerprint density at radius 2 is 2.18 bits per heavy atom. The Morgan fingerprint density at radius 1 is 1.55 bits per heavy atom. The van der Waals surface area contributed by atoms with Crippen molar-refractivity contribution in [2.45, 2.75) is 32.0 Å². The van der Waals surface area contributed by atoms with Gasteiger partial charge in [0.05, 0.1) is 12.2 Å². The Morgan fingerprint density at radius 3 is 2.55 bits per heavy atom. The van der Waals surface area contributed by atoms with E-state index in [1.54, 1.807) is 6.08 Å². The van der Waals surface area contributed by atoms with Crippen molar-refractivity contribution in [1.29, 1.82) is 0 Å². The summed E-state index contributed by atoms with van der Waals surface area (Å²) >= 11 is 0. The molecule has 11 heavy (non-hydrogen) atoms. The van der Waals surface area contributed by atoms with Crippen LogP contribution in [0.4, 0.5) is 0 Å². The second-order valence-corrected chi connectivity index (χ2v) is 2.97. The zero-order valence-electron chi connectivity index (χ0n) is 6.75. The summed E-state index contributed by atoms with van der Waals surface area (Å²) in [6, 6.07) is 0. The third-order valence-electron chi connectivity index (χ3n) is 2.22. The topological polar surface area (TPSA) is 40.5 Å². The smallest absolute Gasteiger partial charge is 0.0784 e. The Kier molecular flexibility index (Phi) is 2.47. The predicted octanol–water partition coefficient (Wildman–Crippen LogP) is 1.00. The highest BCUT2D eigenvalue weighted by Gasteiger charge is 2.26. The maximum Gasteiger partial charge on any atom is 0.0784 e. The molecule has 62 valence electrons. The van der Waals surface area contributed by atoms with Gasteiger partial charge in [0.15, 0.2) is 0 Å². The predicted molar refractivity (Wildman–Crippen MR) is 44.1 cm³/mol. The van der Waals surface area contributed by atoms with Crippen LogP contribution in [0.3, 0.4) is 0 Å². The van der Waals surface area contributed by atoms with Crippen LogP contribution in [0.15, 0.2) is 23.8 Å². The fourth-order valence-corrected chi connectivity index (χ4v) is 1.46. The molecule has 0 bridgehead atoms. The SMILES string of the molecule is C=CCC1=C(C)C(O)CC1O. The van der Waals surface area contributed by atoms with E-state index in [1.807, 2.05) is 6.92 Å². The zero-order valence-corrected chi connectivity index (χ0v) is 6.75. The fourth-order valence-electron chi connectivity index (χ4n) is 1.46. The normalized spacial score (nSPS) is 31.2. The van der Waals surface area contributed by atoms with Crippen LogP contribution < -0.4 is 0 Å². The van der Waals surface area contributed by atoms with E-state index in [0.717, 1.165) is 11.1 Å². The van der Waals surface area contributed by atoms with E-state index in [1.165, 1.54) is 0 Å². The molecule has 2 nitrogen and oxygen atoms in total. The number of aliphatic hydroxyl groups excluding tert-OH is 2. The molecule has 0 aromatic carbocycles. The summed E-state index contributed by atoms with van der Waals surface area (Å²) < 4.78 is 0. The summed E-state index contributed by atoms with van der Waals surface area (Å²) in [5.41, 5.74) is 1.85. The van der Waals surface area contributed by atoms with Crippen LogP contribution >= 0.6 is 0 Å². The van der Waals surface area contributed by atoms with Gasteiger partial charge in [-0.15, -0.1) is 6.58 Å². The Bertz CT molecular complexity index is 194. The molecule has 0 aliphatic heterocycles. The van der Waals surface area contributed by atoms with Gasteiger partial charge >= 0.3 is 0 Å². The summed E-state index contributed by atoms with van der Waals surface area (Å²) in [6.07, 6.45) is 1.99. The third-order valence-corrected chi connectivity index (χ3v) is 2.22. The first-order valence-corrected chi connectivity index (χ1v) is 3.83. The van der Waals surface area contributed by atoms with Crippen molar-refractivity contribution < 1.29 is 10.2 Å².